The molecule has 0 radical (unpaired) electrons. The van der Waals surface area contributed by atoms with E-state index in [1.54, 1.807) is 12.1 Å². The number of rotatable bonds is 6. The number of hydrogen-bond donors (Lipinski definition) is 2. The number of nitrogens with one attached hydrogen (secondary N) is 2. The summed E-state index contributed by atoms with van der Waals surface area (Å²) in [6.07, 6.45) is 2.76. The first kappa shape index (κ1) is 15.3. The fourth-order valence-electron chi connectivity index (χ4n) is 2.01. The maximum absolute atomic E-state index is 12.2. The Labute approximate surface area is 136 Å². The second-order valence-corrected chi connectivity index (χ2v) is 6.28. The van der Waals surface area contributed by atoms with Gasteiger partial charge in [0.1, 0.15) is 10.7 Å². The Morgan fingerprint density at radius 3 is 2.83 bits per heavy atom. The Kier molecular flexibility index (Phi) is 4.20. The lowest BCUT2D eigenvalue weighted by atomic mass is 10.1. The number of carbonyl (C=O) groups is 1. The summed E-state index contributed by atoms with van der Waals surface area (Å²) in [6.45, 7) is 1.95. The number of nitro groups is 1. The third kappa shape index (κ3) is 3.62. The zero-order valence-electron chi connectivity index (χ0n) is 12.4. The molecule has 0 spiro atoms. The number of benzene rings is 1. The van der Waals surface area contributed by atoms with Crippen LogP contribution in [-0.4, -0.2) is 27.1 Å². The van der Waals surface area contributed by atoms with Crippen molar-refractivity contribution >= 4 is 33.8 Å². The molecule has 1 aromatic heterocycles. The number of nitro benzene ring substituents is 1. The lowest BCUT2D eigenvalue weighted by Gasteiger charge is -2.07. The van der Waals surface area contributed by atoms with Crippen LogP contribution < -0.4 is 10.6 Å². The van der Waals surface area contributed by atoms with E-state index in [-0.39, 0.29) is 11.3 Å². The highest BCUT2D eigenvalue weighted by molar-refractivity contribution is 7.15. The Morgan fingerprint density at radius 2 is 2.22 bits per heavy atom. The molecule has 2 aromatic rings. The predicted octanol–water partition coefficient (Wildman–Crippen LogP) is 2.84. The fourth-order valence-corrected chi connectivity index (χ4v) is 2.68. The van der Waals surface area contributed by atoms with E-state index in [0.717, 1.165) is 24.3 Å². The van der Waals surface area contributed by atoms with E-state index in [1.807, 2.05) is 6.92 Å². The number of hydrogen-bond acceptors (Lipinski definition) is 7. The molecule has 1 saturated carbocycles. The van der Waals surface area contributed by atoms with Crippen LogP contribution in [0, 0.1) is 10.1 Å². The van der Waals surface area contributed by atoms with Gasteiger partial charge < -0.3 is 5.32 Å². The van der Waals surface area contributed by atoms with Gasteiger partial charge in [0.25, 0.3) is 11.6 Å². The molecular weight excluding hydrogens is 318 g/mol. The van der Waals surface area contributed by atoms with Crippen LogP contribution in [0.2, 0.25) is 0 Å². The van der Waals surface area contributed by atoms with Crippen molar-refractivity contribution in [3.63, 3.8) is 0 Å². The smallest absolute Gasteiger partial charge is 0.293 e. The normalized spacial score (nSPS) is 13.6. The highest BCUT2D eigenvalue weighted by Crippen LogP contribution is 2.31. The third-order valence-electron chi connectivity index (χ3n) is 3.38. The molecule has 1 amide bonds. The van der Waals surface area contributed by atoms with Crippen molar-refractivity contribution in [2.75, 3.05) is 10.6 Å². The van der Waals surface area contributed by atoms with Crippen molar-refractivity contribution in [1.29, 1.82) is 0 Å². The SMILES string of the molecule is CCc1nnc(NC(=O)c2ccc(NC3CC3)c([N+](=O)[O-])c2)s1. The Balaban J connectivity index is 1.79. The first-order valence-electron chi connectivity index (χ1n) is 7.25. The van der Waals surface area contributed by atoms with Crippen molar-refractivity contribution in [3.05, 3.63) is 38.9 Å². The summed E-state index contributed by atoms with van der Waals surface area (Å²) in [7, 11) is 0. The van der Waals surface area contributed by atoms with Crippen LogP contribution in [-0.2, 0) is 6.42 Å². The highest BCUT2D eigenvalue weighted by atomic mass is 32.1. The first-order valence-corrected chi connectivity index (χ1v) is 8.07. The molecule has 0 saturated heterocycles. The van der Waals surface area contributed by atoms with Crippen molar-refractivity contribution in [2.24, 2.45) is 0 Å². The average molecular weight is 333 g/mol. The molecule has 3 rings (SSSR count). The van der Waals surface area contributed by atoms with Crippen LogP contribution in [0.3, 0.4) is 0 Å². The van der Waals surface area contributed by atoms with E-state index in [9.17, 15) is 14.9 Å². The van der Waals surface area contributed by atoms with Crippen LogP contribution in [0.25, 0.3) is 0 Å². The van der Waals surface area contributed by atoms with Gasteiger partial charge in [0.05, 0.1) is 4.92 Å². The zero-order chi connectivity index (χ0) is 16.4. The topological polar surface area (TPSA) is 110 Å². The summed E-state index contributed by atoms with van der Waals surface area (Å²) in [6, 6.07) is 4.71. The van der Waals surface area contributed by atoms with E-state index in [0.29, 0.717) is 16.9 Å². The highest BCUT2D eigenvalue weighted by Gasteiger charge is 2.25. The second kappa shape index (κ2) is 6.29. The molecule has 0 aliphatic heterocycles. The fraction of sp³-hybridized carbons (Fsp3) is 0.357. The zero-order valence-corrected chi connectivity index (χ0v) is 13.2. The number of amides is 1. The minimum atomic E-state index is -0.484. The van der Waals surface area contributed by atoms with Gasteiger partial charge in [0.2, 0.25) is 5.13 Å². The molecule has 0 atom stereocenters. The van der Waals surface area contributed by atoms with Crippen LogP contribution in [0.15, 0.2) is 18.2 Å². The number of carbonyl (C=O) groups excluding carboxylic acids is 1. The van der Waals surface area contributed by atoms with Gasteiger partial charge in [-0.15, -0.1) is 10.2 Å². The Morgan fingerprint density at radius 1 is 1.43 bits per heavy atom. The predicted molar refractivity (Wildman–Crippen MR) is 87.0 cm³/mol. The molecule has 9 heteroatoms. The monoisotopic (exact) mass is 333 g/mol. The van der Waals surface area contributed by atoms with Crippen LogP contribution in [0.4, 0.5) is 16.5 Å². The Hall–Kier alpha value is -2.55. The molecule has 8 nitrogen and oxygen atoms in total. The van der Waals surface area contributed by atoms with Gasteiger partial charge in [-0.2, -0.15) is 0 Å². The lowest BCUT2D eigenvalue weighted by molar-refractivity contribution is -0.384. The van der Waals surface area contributed by atoms with Gasteiger partial charge in [0.15, 0.2) is 0 Å². The largest absolute Gasteiger partial charge is 0.377 e. The molecule has 0 unspecified atom stereocenters. The average Bonchev–Trinajstić information content (AvgIpc) is 3.23. The van der Waals surface area contributed by atoms with Crippen LogP contribution in [0.1, 0.15) is 35.1 Å². The van der Waals surface area contributed by atoms with Gasteiger partial charge in [-0.3, -0.25) is 20.2 Å². The van der Waals surface area contributed by atoms with Gasteiger partial charge in [-0.25, -0.2) is 0 Å². The van der Waals surface area contributed by atoms with Crippen molar-refractivity contribution < 1.29 is 9.72 Å². The molecule has 1 aromatic carbocycles. The standard InChI is InChI=1S/C14H15N5O3S/c1-2-12-17-18-14(23-12)16-13(20)8-3-6-10(15-9-4-5-9)11(7-8)19(21)22/h3,6-7,9,15H,2,4-5H2,1H3,(H,16,18,20). The van der Waals surface area contributed by atoms with Crippen molar-refractivity contribution in [3.8, 4) is 0 Å². The molecule has 1 heterocycles. The number of nitrogens with zero attached hydrogens (tertiary/aromatic N) is 3. The summed E-state index contributed by atoms with van der Waals surface area (Å²) >= 11 is 1.29. The van der Waals surface area contributed by atoms with Crippen molar-refractivity contribution in [1.82, 2.24) is 10.2 Å². The summed E-state index contributed by atoms with van der Waals surface area (Å²) in [5.74, 6) is -0.440. The number of aromatic nitrogens is 2. The van der Waals surface area contributed by atoms with Gasteiger partial charge in [-0.1, -0.05) is 18.3 Å². The van der Waals surface area contributed by atoms with Gasteiger partial charge in [0, 0.05) is 17.7 Å². The molecule has 23 heavy (non-hydrogen) atoms. The third-order valence-corrected chi connectivity index (χ3v) is 4.37. The molecule has 1 aliphatic rings. The van der Waals surface area contributed by atoms with Gasteiger partial charge >= 0.3 is 0 Å². The molecular formula is C14H15N5O3S. The van der Waals surface area contributed by atoms with E-state index < -0.39 is 10.8 Å². The quantitative estimate of drug-likeness (QED) is 0.621. The number of anilines is 2. The summed E-state index contributed by atoms with van der Waals surface area (Å²) in [4.78, 5) is 22.9. The second-order valence-electron chi connectivity index (χ2n) is 5.22. The molecule has 1 aliphatic carbocycles. The van der Waals surface area contributed by atoms with E-state index >= 15 is 0 Å². The maximum atomic E-state index is 12.2. The molecule has 0 bridgehead atoms. The molecule has 1 fully saturated rings. The first-order chi connectivity index (χ1) is 11.1. The van der Waals surface area contributed by atoms with Crippen LogP contribution in [0.5, 0.6) is 0 Å². The summed E-state index contributed by atoms with van der Waals surface area (Å²) in [5.41, 5.74) is 0.556. The van der Waals surface area contributed by atoms with Crippen molar-refractivity contribution in [2.45, 2.75) is 32.2 Å². The van der Waals surface area contributed by atoms with E-state index in [4.69, 9.17) is 0 Å². The minimum Gasteiger partial charge on any atom is -0.377 e. The maximum Gasteiger partial charge on any atom is 0.293 e. The Bertz CT molecular complexity index is 757. The molecule has 2 N–H and O–H groups in total. The molecule has 120 valence electrons. The number of aryl methyl sites for hydroxylation is 1. The summed E-state index contributed by atoms with van der Waals surface area (Å²) in [5, 5.41) is 25.9. The van der Waals surface area contributed by atoms with Gasteiger partial charge in [-0.05, 0) is 31.4 Å². The van der Waals surface area contributed by atoms with E-state index in [2.05, 4.69) is 20.8 Å². The van der Waals surface area contributed by atoms with Crippen LogP contribution >= 0.6 is 11.3 Å². The lowest BCUT2D eigenvalue weighted by Crippen LogP contribution is -2.13. The summed E-state index contributed by atoms with van der Waals surface area (Å²) < 4.78 is 0. The van der Waals surface area contributed by atoms with E-state index in [1.165, 1.54) is 17.4 Å². The minimum absolute atomic E-state index is 0.101.